The minimum absolute atomic E-state index is 0.255. The SMILES string of the molecule is O=C(CCc1ccccc1)N1CCN(c2nc(Cc3ccccc3)nc3sc4c(c23)CCCCC4)CC1. The lowest BCUT2D eigenvalue weighted by atomic mass is 10.1. The van der Waals surface area contributed by atoms with Gasteiger partial charge >= 0.3 is 0 Å². The summed E-state index contributed by atoms with van der Waals surface area (Å²) in [6.07, 6.45) is 8.21. The molecule has 37 heavy (non-hydrogen) atoms. The Morgan fingerprint density at radius 1 is 0.811 bits per heavy atom. The van der Waals surface area contributed by atoms with Crippen LogP contribution >= 0.6 is 11.3 Å². The van der Waals surface area contributed by atoms with E-state index in [1.165, 1.54) is 46.2 Å². The summed E-state index contributed by atoms with van der Waals surface area (Å²) < 4.78 is 0. The van der Waals surface area contributed by atoms with E-state index in [2.05, 4.69) is 47.4 Å². The third-order valence-corrected chi connectivity index (χ3v) is 8.88. The Bertz CT molecular complexity index is 1360. The largest absolute Gasteiger partial charge is 0.352 e. The van der Waals surface area contributed by atoms with Crippen molar-refractivity contribution in [2.45, 2.75) is 51.4 Å². The number of thiophene rings is 1. The number of carbonyl (C=O) groups excluding carboxylic acids is 1. The maximum Gasteiger partial charge on any atom is 0.223 e. The van der Waals surface area contributed by atoms with Crippen LogP contribution in [0.1, 0.15) is 53.1 Å². The molecule has 0 N–H and O–H groups in total. The molecular formula is C31H34N4OS. The van der Waals surface area contributed by atoms with Crippen molar-refractivity contribution in [2.75, 3.05) is 31.1 Å². The molecule has 5 nitrogen and oxygen atoms in total. The molecule has 1 aliphatic carbocycles. The third kappa shape index (κ3) is 5.40. The van der Waals surface area contributed by atoms with Crippen LogP contribution in [0.25, 0.3) is 10.2 Å². The molecule has 6 rings (SSSR count). The van der Waals surface area contributed by atoms with Crippen molar-refractivity contribution in [3.63, 3.8) is 0 Å². The molecule has 2 aliphatic rings. The number of amides is 1. The second kappa shape index (κ2) is 11.0. The zero-order chi connectivity index (χ0) is 25.0. The molecule has 2 aromatic carbocycles. The van der Waals surface area contributed by atoms with Gasteiger partial charge < -0.3 is 9.80 Å². The zero-order valence-corrected chi connectivity index (χ0v) is 22.2. The van der Waals surface area contributed by atoms with Crippen molar-refractivity contribution in [3.05, 3.63) is 88.1 Å². The van der Waals surface area contributed by atoms with Crippen molar-refractivity contribution < 1.29 is 4.79 Å². The molecule has 3 heterocycles. The van der Waals surface area contributed by atoms with Gasteiger partial charge in [-0.05, 0) is 48.8 Å². The molecule has 0 radical (unpaired) electrons. The van der Waals surface area contributed by atoms with Gasteiger partial charge in [0.25, 0.3) is 0 Å². The van der Waals surface area contributed by atoms with Crippen LogP contribution in [0.2, 0.25) is 0 Å². The van der Waals surface area contributed by atoms with Crippen molar-refractivity contribution in [1.82, 2.24) is 14.9 Å². The monoisotopic (exact) mass is 510 g/mol. The highest BCUT2D eigenvalue weighted by molar-refractivity contribution is 7.19. The van der Waals surface area contributed by atoms with Crippen LogP contribution in [0.3, 0.4) is 0 Å². The molecule has 1 fully saturated rings. The number of aryl methyl sites for hydroxylation is 3. The smallest absolute Gasteiger partial charge is 0.223 e. The van der Waals surface area contributed by atoms with Crippen LogP contribution in [0.4, 0.5) is 5.82 Å². The van der Waals surface area contributed by atoms with E-state index in [-0.39, 0.29) is 5.91 Å². The molecule has 0 spiro atoms. The Morgan fingerprint density at radius 3 is 2.27 bits per heavy atom. The molecule has 2 aromatic heterocycles. The van der Waals surface area contributed by atoms with Crippen LogP contribution in [0.15, 0.2) is 60.7 Å². The number of nitrogens with zero attached hydrogens (tertiary/aromatic N) is 4. The highest BCUT2D eigenvalue weighted by atomic mass is 32.1. The molecule has 1 amide bonds. The fourth-order valence-electron chi connectivity index (χ4n) is 5.67. The van der Waals surface area contributed by atoms with Gasteiger partial charge in [0.2, 0.25) is 5.91 Å². The lowest BCUT2D eigenvalue weighted by Crippen LogP contribution is -2.49. The average Bonchev–Trinajstić information content (AvgIpc) is 3.13. The molecule has 1 aliphatic heterocycles. The number of piperazine rings is 1. The highest BCUT2D eigenvalue weighted by Gasteiger charge is 2.27. The van der Waals surface area contributed by atoms with Gasteiger partial charge in [-0.15, -0.1) is 11.3 Å². The molecule has 6 heteroatoms. The fraction of sp³-hybridized carbons (Fsp3) is 0.387. The summed E-state index contributed by atoms with van der Waals surface area (Å²) in [5.41, 5.74) is 3.95. The maximum atomic E-state index is 13.0. The van der Waals surface area contributed by atoms with Crippen molar-refractivity contribution in [1.29, 1.82) is 0 Å². The first-order chi connectivity index (χ1) is 18.2. The second-order valence-corrected chi connectivity index (χ2v) is 11.3. The maximum absolute atomic E-state index is 13.0. The van der Waals surface area contributed by atoms with Gasteiger partial charge in [0, 0.05) is 43.9 Å². The number of fused-ring (bicyclic) bond motifs is 3. The van der Waals surface area contributed by atoms with E-state index in [4.69, 9.17) is 9.97 Å². The van der Waals surface area contributed by atoms with Gasteiger partial charge in [0.15, 0.2) is 0 Å². The Balaban J connectivity index is 1.23. The van der Waals surface area contributed by atoms with Crippen LogP contribution < -0.4 is 4.90 Å². The van der Waals surface area contributed by atoms with Gasteiger partial charge in [-0.3, -0.25) is 4.79 Å². The van der Waals surface area contributed by atoms with Crippen LogP contribution in [0, 0.1) is 0 Å². The van der Waals surface area contributed by atoms with E-state index >= 15 is 0 Å². The van der Waals surface area contributed by atoms with Crippen LogP contribution in [-0.4, -0.2) is 47.0 Å². The lowest BCUT2D eigenvalue weighted by molar-refractivity contribution is -0.131. The first kappa shape index (κ1) is 24.1. The summed E-state index contributed by atoms with van der Waals surface area (Å²) in [6, 6.07) is 20.8. The molecule has 1 saturated heterocycles. The van der Waals surface area contributed by atoms with E-state index < -0.39 is 0 Å². The molecule has 0 bridgehead atoms. The van der Waals surface area contributed by atoms with E-state index in [0.717, 1.165) is 68.3 Å². The van der Waals surface area contributed by atoms with Crippen LogP contribution in [0.5, 0.6) is 0 Å². The average molecular weight is 511 g/mol. The standard InChI is InChI=1S/C31H34N4OS/c36-28(17-16-23-10-4-1-5-11-23)34-18-20-35(21-19-34)30-29-25-14-8-3-9-15-26(25)37-31(29)33-27(32-30)22-24-12-6-2-7-13-24/h1-2,4-7,10-13H,3,8-9,14-22H2. The minimum Gasteiger partial charge on any atom is -0.352 e. The van der Waals surface area contributed by atoms with Gasteiger partial charge in [-0.2, -0.15) is 0 Å². The summed E-state index contributed by atoms with van der Waals surface area (Å²) in [5.74, 6) is 2.24. The summed E-state index contributed by atoms with van der Waals surface area (Å²) in [4.78, 5) is 30.3. The number of rotatable bonds is 6. The predicted molar refractivity (Wildman–Crippen MR) is 151 cm³/mol. The second-order valence-electron chi connectivity index (χ2n) is 10.2. The van der Waals surface area contributed by atoms with E-state index in [1.807, 2.05) is 34.4 Å². The summed E-state index contributed by atoms with van der Waals surface area (Å²) in [7, 11) is 0. The number of carbonyl (C=O) groups is 1. The van der Waals surface area contributed by atoms with E-state index in [1.54, 1.807) is 0 Å². The first-order valence-electron chi connectivity index (χ1n) is 13.7. The van der Waals surface area contributed by atoms with Crippen LogP contribution in [-0.2, 0) is 30.5 Å². The van der Waals surface area contributed by atoms with Gasteiger partial charge in [-0.1, -0.05) is 67.1 Å². The van der Waals surface area contributed by atoms with Crippen molar-refractivity contribution in [2.24, 2.45) is 0 Å². The molecule has 0 unspecified atom stereocenters. The molecule has 0 saturated carbocycles. The fourth-order valence-corrected chi connectivity index (χ4v) is 6.94. The Morgan fingerprint density at radius 2 is 1.51 bits per heavy atom. The normalized spacial score (nSPS) is 16.0. The number of aromatic nitrogens is 2. The van der Waals surface area contributed by atoms with Crippen molar-refractivity contribution in [3.8, 4) is 0 Å². The minimum atomic E-state index is 0.255. The topological polar surface area (TPSA) is 49.3 Å². The van der Waals surface area contributed by atoms with E-state index in [0.29, 0.717) is 6.42 Å². The van der Waals surface area contributed by atoms with Crippen molar-refractivity contribution >= 4 is 33.3 Å². The Kier molecular flexibility index (Phi) is 7.18. The Labute approximate surface area is 223 Å². The number of benzene rings is 2. The Hall–Kier alpha value is -3.25. The van der Waals surface area contributed by atoms with Gasteiger partial charge in [0.1, 0.15) is 16.5 Å². The summed E-state index contributed by atoms with van der Waals surface area (Å²) >= 11 is 1.88. The summed E-state index contributed by atoms with van der Waals surface area (Å²) in [5, 5.41) is 1.28. The quantitative estimate of drug-likeness (QED) is 0.306. The third-order valence-electron chi connectivity index (χ3n) is 7.70. The van der Waals surface area contributed by atoms with E-state index in [9.17, 15) is 4.79 Å². The highest BCUT2D eigenvalue weighted by Crippen LogP contribution is 2.39. The molecular weight excluding hydrogens is 476 g/mol. The first-order valence-corrected chi connectivity index (χ1v) is 14.5. The lowest BCUT2D eigenvalue weighted by Gasteiger charge is -2.36. The zero-order valence-electron chi connectivity index (χ0n) is 21.4. The van der Waals surface area contributed by atoms with Gasteiger partial charge in [-0.25, -0.2) is 9.97 Å². The number of hydrogen-bond donors (Lipinski definition) is 0. The number of hydrogen-bond acceptors (Lipinski definition) is 5. The predicted octanol–water partition coefficient (Wildman–Crippen LogP) is 5.83. The number of anilines is 1. The molecule has 4 aromatic rings. The summed E-state index contributed by atoms with van der Waals surface area (Å²) in [6.45, 7) is 3.14. The molecule has 190 valence electrons. The van der Waals surface area contributed by atoms with Gasteiger partial charge in [0.05, 0.1) is 5.39 Å². The molecule has 0 atom stereocenters.